The molecule has 1 saturated heterocycles. The molecule has 1 heterocycles. The Morgan fingerprint density at radius 2 is 1.51 bits per heavy atom. The van der Waals surface area contributed by atoms with Crippen molar-refractivity contribution in [3.05, 3.63) is 101 Å². The van der Waals surface area contributed by atoms with Gasteiger partial charge in [0.05, 0.1) is 24.9 Å². The second kappa shape index (κ2) is 12.6. The average Bonchev–Trinajstić information content (AvgIpc) is 3.16. The van der Waals surface area contributed by atoms with Gasteiger partial charge in [0, 0.05) is 0 Å². The number of halogens is 2. The molecule has 0 saturated carbocycles. The van der Waals surface area contributed by atoms with E-state index in [1.54, 1.807) is 0 Å². The number of alkyl halides is 1. The van der Waals surface area contributed by atoms with Crippen LogP contribution < -0.4 is 4.72 Å². The molecule has 3 atom stereocenters. The Morgan fingerprint density at radius 3 is 2.00 bits per heavy atom. The summed E-state index contributed by atoms with van der Waals surface area (Å²) < 4.78 is 52.8. The van der Waals surface area contributed by atoms with Crippen LogP contribution in [0.4, 0.5) is 13.6 Å². The van der Waals surface area contributed by atoms with Gasteiger partial charge in [0.15, 0.2) is 11.6 Å². The maximum Gasteiger partial charge on any atom is 0.407 e. The van der Waals surface area contributed by atoms with Crippen LogP contribution in [-0.2, 0) is 29.3 Å². The molecular formula is C27H30F2N2O5S. The Labute approximate surface area is 215 Å². The van der Waals surface area contributed by atoms with Crippen LogP contribution in [0.25, 0.3) is 0 Å². The van der Waals surface area contributed by atoms with Gasteiger partial charge in [-0.25, -0.2) is 26.7 Å². The fraction of sp³-hybridized carbons (Fsp3) is 0.296. The molecule has 0 radical (unpaired) electrons. The number of nitrogens with one attached hydrogen (secondary N) is 1. The number of hydrogen-bond acceptors (Lipinski definition) is 4. The highest BCUT2D eigenvalue weighted by Crippen LogP contribution is 2.28. The van der Waals surface area contributed by atoms with Crippen molar-refractivity contribution >= 4 is 16.1 Å². The van der Waals surface area contributed by atoms with Gasteiger partial charge in [-0.05, 0) is 42.0 Å². The molecule has 0 bridgehead atoms. The highest BCUT2D eigenvalue weighted by Gasteiger charge is 2.46. The molecule has 37 heavy (non-hydrogen) atoms. The Balaban J connectivity index is 0.000000231. The number of aryl methyl sites for hydroxylation is 2. The number of amides is 1. The van der Waals surface area contributed by atoms with E-state index in [-0.39, 0.29) is 12.0 Å². The highest BCUT2D eigenvalue weighted by atomic mass is 32.2. The SMILES string of the molecule is CS(=O)(=O)N[C@H]1[C@@H](F)CN(C(=O)O)[C@H]1Cc1cccc(O)c1F.c1ccc(CCc2ccccc2)cc1. The maximum atomic E-state index is 14.1. The van der Waals surface area contributed by atoms with Crippen molar-refractivity contribution in [3.8, 4) is 5.75 Å². The summed E-state index contributed by atoms with van der Waals surface area (Å²) in [6, 6.07) is 22.6. The third-order valence-corrected chi connectivity index (χ3v) is 6.75. The van der Waals surface area contributed by atoms with Crippen LogP contribution in [-0.4, -0.2) is 60.7 Å². The van der Waals surface area contributed by atoms with Crippen molar-refractivity contribution in [1.82, 2.24) is 9.62 Å². The van der Waals surface area contributed by atoms with Crippen LogP contribution in [0.5, 0.6) is 5.75 Å². The number of carboxylic acid groups (broad SMARTS) is 1. The summed E-state index contributed by atoms with van der Waals surface area (Å²) in [6.07, 6.45) is -0.382. The van der Waals surface area contributed by atoms with Gasteiger partial charge >= 0.3 is 6.09 Å². The zero-order valence-electron chi connectivity index (χ0n) is 20.3. The van der Waals surface area contributed by atoms with Gasteiger partial charge in [0.2, 0.25) is 10.0 Å². The summed E-state index contributed by atoms with van der Waals surface area (Å²) in [5.41, 5.74) is 2.79. The van der Waals surface area contributed by atoms with Crippen molar-refractivity contribution in [2.24, 2.45) is 0 Å². The van der Waals surface area contributed by atoms with E-state index in [2.05, 4.69) is 65.4 Å². The standard InChI is InChI=1S/C14H14.C13H16F2N2O5S/c1-3-7-13(8-4-1)11-12-14-9-5-2-6-10-14;1-23(21,22)16-12-8(14)6-17(13(19)20)9(12)5-7-3-2-4-10(18)11(7)15/h1-10H,11-12H2;2-4,8-9,12,16,18H,5-6H2,1H3,(H,19,20)/t;8-,9-,12-/m.0/s1. The van der Waals surface area contributed by atoms with Gasteiger partial charge in [-0.2, -0.15) is 0 Å². The molecule has 3 N–H and O–H groups in total. The number of carbonyl (C=O) groups is 1. The van der Waals surface area contributed by atoms with Gasteiger partial charge < -0.3 is 15.1 Å². The summed E-state index contributed by atoms with van der Waals surface area (Å²) in [4.78, 5) is 12.0. The summed E-state index contributed by atoms with van der Waals surface area (Å²) in [5, 5.41) is 18.5. The van der Waals surface area contributed by atoms with Crippen LogP contribution in [0.15, 0.2) is 78.9 Å². The van der Waals surface area contributed by atoms with E-state index in [1.807, 2.05) is 0 Å². The van der Waals surface area contributed by atoms with E-state index in [0.717, 1.165) is 30.1 Å². The summed E-state index contributed by atoms with van der Waals surface area (Å²) in [5.74, 6) is -1.56. The van der Waals surface area contributed by atoms with Crippen LogP contribution in [0.2, 0.25) is 0 Å². The first-order chi connectivity index (χ1) is 17.5. The molecule has 1 aliphatic heterocycles. The largest absolute Gasteiger partial charge is 0.505 e. The smallest absolute Gasteiger partial charge is 0.407 e. The van der Waals surface area contributed by atoms with Crippen molar-refractivity contribution < 1.29 is 32.2 Å². The van der Waals surface area contributed by atoms with E-state index in [0.29, 0.717) is 0 Å². The normalized spacial score (nSPS) is 19.2. The molecule has 0 aromatic heterocycles. The zero-order valence-corrected chi connectivity index (χ0v) is 21.1. The number of phenolic OH excluding ortho intramolecular Hbond substituents is 1. The Bertz CT molecular complexity index is 1240. The summed E-state index contributed by atoms with van der Waals surface area (Å²) >= 11 is 0. The number of phenols is 1. The molecule has 1 aliphatic rings. The highest BCUT2D eigenvalue weighted by molar-refractivity contribution is 7.88. The number of likely N-dealkylation sites (tertiary alicyclic amines) is 1. The number of hydrogen-bond donors (Lipinski definition) is 3. The van der Waals surface area contributed by atoms with Crippen molar-refractivity contribution in [3.63, 3.8) is 0 Å². The van der Waals surface area contributed by atoms with E-state index in [4.69, 9.17) is 5.11 Å². The number of benzene rings is 3. The molecule has 0 unspecified atom stereocenters. The van der Waals surface area contributed by atoms with E-state index in [9.17, 15) is 27.1 Å². The van der Waals surface area contributed by atoms with E-state index in [1.165, 1.54) is 23.3 Å². The third-order valence-electron chi connectivity index (χ3n) is 6.05. The molecule has 7 nitrogen and oxygen atoms in total. The zero-order chi connectivity index (χ0) is 27.0. The van der Waals surface area contributed by atoms with Crippen LogP contribution in [0, 0.1) is 5.82 Å². The van der Waals surface area contributed by atoms with Gasteiger partial charge in [-0.15, -0.1) is 0 Å². The lowest BCUT2D eigenvalue weighted by molar-refractivity contribution is 0.136. The molecule has 4 rings (SSSR count). The van der Waals surface area contributed by atoms with Gasteiger partial charge in [-0.3, -0.25) is 0 Å². The average molecular weight is 533 g/mol. The predicted molar refractivity (Wildman–Crippen MR) is 137 cm³/mol. The Hall–Kier alpha value is -3.50. The minimum Gasteiger partial charge on any atom is -0.505 e. The van der Waals surface area contributed by atoms with Crippen LogP contribution >= 0.6 is 0 Å². The van der Waals surface area contributed by atoms with E-state index >= 15 is 0 Å². The Kier molecular flexibility index (Phi) is 9.60. The van der Waals surface area contributed by atoms with Crippen molar-refractivity contribution in [2.45, 2.75) is 37.5 Å². The lowest BCUT2D eigenvalue weighted by Gasteiger charge is -2.26. The van der Waals surface area contributed by atoms with Crippen LogP contribution in [0.1, 0.15) is 16.7 Å². The minimum atomic E-state index is -3.79. The monoisotopic (exact) mass is 532 g/mol. The summed E-state index contributed by atoms with van der Waals surface area (Å²) in [7, 11) is -3.79. The fourth-order valence-electron chi connectivity index (χ4n) is 4.26. The second-order valence-corrected chi connectivity index (χ2v) is 10.6. The minimum absolute atomic E-state index is 0.0318. The van der Waals surface area contributed by atoms with Gasteiger partial charge in [0.1, 0.15) is 6.17 Å². The molecule has 1 fully saturated rings. The molecule has 3 aromatic rings. The van der Waals surface area contributed by atoms with Gasteiger partial charge in [-0.1, -0.05) is 72.8 Å². The number of sulfonamides is 1. The number of rotatable bonds is 7. The van der Waals surface area contributed by atoms with Crippen molar-refractivity contribution in [1.29, 1.82) is 0 Å². The lowest BCUT2D eigenvalue weighted by Crippen LogP contribution is -2.49. The van der Waals surface area contributed by atoms with E-state index < -0.39 is 52.5 Å². The lowest BCUT2D eigenvalue weighted by atomic mass is 9.99. The number of aromatic hydroxyl groups is 1. The molecule has 3 aromatic carbocycles. The van der Waals surface area contributed by atoms with Gasteiger partial charge in [0.25, 0.3) is 0 Å². The van der Waals surface area contributed by atoms with Crippen LogP contribution in [0.3, 0.4) is 0 Å². The molecule has 1 amide bonds. The molecule has 0 aliphatic carbocycles. The fourth-order valence-corrected chi connectivity index (χ4v) is 5.05. The first kappa shape index (κ1) is 28.1. The maximum absolute atomic E-state index is 14.1. The first-order valence-corrected chi connectivity index (χ1v) is 13.6. The first-order valence-electron chi connectivity index (χ1n) is 11.7. The second-order valence-electron chi connectivity index (χ2n) is 8.86. The third kappa shape index (κ3) is 8.26. The molecule has 198 valence electrons. The summed E-state index contributed by atoms with van der Waals surface area (Å²) in [6.45, 7) is -0.520. The molecule has 0 spiro atoms. The molecular weight excluding hydrogens is 502 g/mol. The quantitative estimate of drug-likeness (QED) is 0.424. The predicted octanol–water partition coefficient (Wildman–Crippen LogP) is 4.16. The number of nitrogens with zero attached hydrogens (tertiary/aromatic N) is 1. The molecule has 10 heteroatoms. The van der Waals surface area contributed by atoms with Crippen molar-refractivity contribution in [2.75, 3.05) is 12.8 Å². The topological polar surface area (TPSA) is 107 Å². The Morgan fingerprint density at radius 1 is 0.973 bits per heavy atom.